The zero-order valence-corrected chi connectivity index (χ0v) is 7.84. The summed E-state index contributed by atoms with van der Waals surface area (Å²) in [6.07, 6.45) is 0. The van der Waals surface area contributed by atoms with Gasteiger partial charge in [0, 0.05) is 11.8 Å². The number of benzene rings is 1. The van der Waals surface area contributed by atoms with Gasteiger partial charge < -0.3 is 4.42 Å². The number of hydrogen-bond acceptors (Lipinski definition) is 4. The van der Waals surface area contributed by atoms with Gasteiger partial charge in [0.2, 0.25) is 5.78 Å². The minimum absolute atomic E-state index is 0.147. The van der Waals surface area contributed by atoms with Gasteiger partial charge in [0.25, 0.3) is 5.89 Å². The number of rotatable bonds is 1. The van der Waals surface area contributed by atoms with Gasteiger partial charge in [-0.1, -0.05) is 0 Å². The molecule has 4 heteroatoms. The van der Waals surface area contributed by atoms with Crippen molar-refractivity contribution in [3.05, 3.63) is 24.1 Å². The maximum Gasteiger partial charge on any atom is 0.263 e. The Labute approximate surface area is 80.2 Å². The first-order chi connectivity index (χ1) is 6.16. The maximum absolute atomic E-state index is 10.9. The Hall–Kier alpha value is -1.29. The van der Waals surface area contributed by atoms with Crippen LogP contribution >= 0.6 is 12.6 Å². The maximum atomic E-state index is 10.9. The number of Topliss-reactive ketones (excluding diaryl/α,β-unsaturated/α-hetero) is 1. The van der Waals surface area contributed by atoms with E-state index in [1.807, 2.05) is 0 Å². The number of thiol groups is 1. The molecule has 0 atom stereocenters. The predicted octanol–water partition coefficient (Wildman–Crippen LogP) is 2.32. The standard InChI is InChI=1S/C9H7NO2S/c1-5(11)9-10-7-3-2-6(13)4-8(7)12-9/h2-4,13H,1H3. The fourth-order valence-electron chi connectivity index (χ4n) is 1.06. The summed E-state index contributed by atoms with van der Waals surface area (Å²) in [7, 11) is 0. The van der Waals surface area contributed by atoms with Gasteiger partial charge in [-0.05, 0) is 18.2 Å². The van der Waals surface area contributed by atoms with Crippen LogP contribution in [-0.2, 0) is 0 Å². The molecule has 0 amide bonds. The largest absolute Gasteiger partial charge is 0.434 e. The van der Waals surface area contributed by atoms with Gasteiger partial charge in [-0.3, -0.25) is 4.79 Å². The smallest absolute Gasteiger partial charge is 0.263 e. The third-order valence-corrected chi connectivity index (χ3v) is 1.95. The summed E-state index contributed by atoms with van der Waals surface area (Å²) in [5, 5.41) is 0. The van der Waals surface area contributed by atoms with Gasteiger partial charge >= 0.3 is 0 Å². The Morgan fingerprint density at radius 3 is 3.00 bits per heavy atom. The molecule has 0 fully saturated rings. The van der Waals surface area contributed by atoms with Crippen LogP contribution in [0.25, 0.3) is 11.1 Å². The van der Waals surface area contributed by atoms with E-state index in [4.69, 9.17) is 4.42 Å². The average molecular weight is 193 g/mol. The second-order valence-corrected chi connectivity index (χ2v) is 3.24. The predicted molar refractivity (Wildman–Crippen MR) is 51.3 cm³/mol. The number of hydrogen-bond donors (Lipinski definition) is 1. The van der Waals surface area contributed by atoms with Crippen molar-refractivity contribution in [2.24, 2.45) is 0 Å². The molecule has 0 N–H and O–H groups in total. The average Bonchev–Trinajstić information content (AvgIpc) is 2.46. The number of ketones is 1. The second-order valence-electron chi connectivity index (χ2n) is 2.73. The number of oxazole rings is 1. The molecule has 13 heavy (non-hydrogen) atoms. The van der Waals surface area contributed by atoms with Gasteiger partial charge in [-0.25, -0.2) is 4.98 Å². The molecule has 0 unspecified atom stereocenters. The molecule has 0 bridgehead atoms. The van der Waals surface area contributed by atoms with Crippen molar-refractivity contribution < 1.29 is 9.21 Å². The van der Waals surface area contributed by atoms with Crippen molar-refractivity contribution in [1.29, 1.82) is 0 Å². The molecule has 2 rings (SSSR count). The molecule has 2 aromatic rings. The lowest BCUT2D eigenvalue weighted by molar-refractivity contribution is 0.0983. The zero-order chi connectivity index (χ0) is 9.42. The van der Waals surface area contributed by atoms with Crippen LogP contribution in [-0.4, -0.2) is 10.8 Å². The first-order valence-corrected chi connectivity index (χ1v) is 4.22. The molecule has 0 spiro atoms. The molecule has 1 heterocycles. The highest BCUT2D eigenvalue weighted by Crippen LogP contribution is 2.19. The Morgan fingerprint density at radius 2 is 2.31 bits per heavy atom. The van der Waals surface area contributed by atoms with Gasteiger partial charge in [-0.15, -0.1) is 12.6 Å². The number of fused-ring (bicyclic) bond motifs is 1. The lowest BCUT2D eigenvalue weighted by Gasteiger charge is -1.87. The van der Waals surface area contributed by atoms with Gasteiger partial charge in [0.15, 0.2) is 5.58 Å². The molecule has 0 radical (unpaired) electrons. The van der Waals surface area contributed by atoms with Crippen molar-refractivity contribution >= 4 is 29.5 Å². The molecule has 0 aliphatic carbocycles. The first kappa shape index (κ1) is 8.31. The molecule has 0 aliphatic rings. The number of carbonyl (C=O) groups excluding carboxylic acids is 1. The highest BCUT2D eigenvalue weighted by Gasteiger charge is 2.08. The van der Waals surface area contributed by atoms with Crippen LogP contribution in [0, 0.1) is 0 Å². The van der Waals surface area contributed by atoms with Gasteiger partial charge in [-0.2, -0.15) is 0 Å². The molecule has 1 aromatic carbocycles. The van der Waals surface area contributed by atoms with Crippen LogP contribution in [0.15, 0.2) is 27.5 Å². The van der Waals surface area contributed by atoms with E-state index in [0.29, 0.717) is 11.1 Å². The zero-order valence-electron chi connectivity index (χ0n) is 6.94. The molecular formula is C9H7NO2S. The molecule has 0 aliphatic heterocycles. The first-order valence-electron chi connectivity index (χ1n) is 3.77. The summed E-state index contributed by atoms with van der Waals surface area (Å²) in [5.41, 5.74) is 1.28. The summed E-state index contributed by atoms with van der Waals surface area (Å²) in [4.78, 5) is 15.7. The molecule has 66 valence electrons. The molecule has 0 saturated carbocycles. The lowest BCUT2D eigenvalue weighted by Crippen LogP contribution is -1.89. The molecule has 3 nitrogen and oxygen atoms in total. The second kappa shape index (κ2) is 2.88. The Kier molecular flexibility index (Phi) is 1.84. The molecule has 1 aromatic heterocycles. The Balaban J connectivity index is 2.68. The summed E-state index contributed by atoms with van der Waals surface area (Å²) in [5.74, 6) is -0.0224. The van der Waals surface area contributed by atoms with Crippen LogP contribution in [0.5, 0.6) is 0 Å². The van der Waals surface area contributed by atoms with Crippen molar-refractivity contribution in [3.8, 4) is 0 Å². The van der Waals surface area contributed by atoms with Crippen LogP contribution in [0.2, 0.25) is 0 Å². The fourth-order valence-corrected chi connectivity index (χ4v) is 1.26. The Morgan fingerprint density at radius 1 is 1.54 bits per heavy atom. The Bertz CT molecular complexity index is 475. The topological polar surface area (TPSA) is 43.1 Å². The van der Waals surface area contributed by atoms with E-state index in [-0.39, 0.29) is 11.7 Å². The number of nitrogens with zero attached hydrogens (tertiary/aromatic N) is 1. The highest BCUT2D eigenvalue weighted by atomic mass is 32.1. The minimum atomic E-state index is -0.170. The van der Waals surface area contributed by atoms with E-state index in [9.17, 15) is 4.79 Å². The fraction of sp³-hybridized carbons (Fsp3) is 0.111. The van der Waals surface area contributed by atoms with E-state index >= 15 is 0 Å². The van der Waals surface area contributed by atoms with E-state index in [2.05, 4.69) is 17.6 Å². The lowest BCUT2D eigenvalue weighted by atomic mass is 10.3. The minimum Gasteiger partial charge on any atom is -0.434 e. The summed E-state index contributed by atoms with van der Waals surface area (Å²) in [6, 6.07) is 5.31. The summed E-state index contributed by atoms with van der Waals surface area (Å²) >= 11 is 4.15. The molecule has 0 saturated heterocycles. The number of carbonyl (C=O) groups is 1. The summed E-state index contributed by atoms with van der Waals surface area (Å²) < 4.78 is 5.20. The number of aromatic nitrogens is 1. The van der Waals surface area contributed by atoms with Crippen molar-refractivity contribution in [1.82, 2.24) is 4.98 Å². The third-order valence-electron chi connectivity index (χ3n) is 1.67. The highest BCUT2D eigenvalue weighted by molar-refractivity contribution is 7.80. The van der Waals surface area contributed by atoms with Crippen molar-refractivity contribution in [3.63, 3.8) is 0 Å². The summed E-state index contributed by atoms with van der Waals surface area (Å²) in [6.45, 7) is 1.42. The van der Waals surface area contributed by atoms with E-state index < -0.39 is 0 Å². The van der Waals surface area contributed by atoms with E-state index in [0.717, 1.165) is 4.90 Å². The monoisotopic (exact) mass is 193 g/mol. The van der Waals surface area contributed by atoms with E-state index in [1.54, 1.807) is 18.2 Å². The van der Waals surface area contributed by atoms with Gasteiger partial charge in [0.1, 0.15) is 5.52 Å². The van der Waals surface area contributed by atoms with E-state index in [1.165, 1.54) is 6.92 Å². The van der Waals surface area contributed by atoms with Gasteiger partial charge in [0.05, 0.1) is 0 Å². The quantitative estimate of drug-likeness (QED) is 0.558. The van der Waals surface area contributed by atoms with Crippen LogP contribution < -0.4 is 0 Å². The van der Waals surface area contributed by atoms with Crippen LogP contribution in [0.4, 0.5) is 0 Å². The van der Waals surface area contributed by atoms with Crippen molar-refractivity contribution in [2.45, 2.75) is 11.8 Å². The van der Waals surface area contributed by atoms with Crippen molar-refractivity contribution in [2.75, 3.05) is 0 Å². The van der Waals surface area contributed by atoms with Crippen LogP contribution in [0.3, 0.4) is 0 Å². The SMILES string of the molecule is CC(=O)c1nc2ccc(S)cc2o1. The van der Waals surface area contributed by atoms with Crippen LogP contribution in [0.1, 0.15) is 17.6 Å². The molecular weight excluding hydrogens is 186 g/mol. The third kappa shape index (κ3) is 1.45. The normalized spacial score (nSPS) is 10.6.